The quantitative estimate of drug-likeness (QED) is 0.377. The molecule has 0 N–H and O–H groups in total. The fourth-order valence-corrected chi connectivity index (χ4v) is 3.74. The highest BCUT2D eigenvalue weighted by Gasteiger charge is 2.20. The van der Waals surface area contributed by atoms with Gasteiger partial charge in [-0.2, -0.15) is 0 Å². The van der Waals surface area contributed by atoms with E-state index in [-0.39, 0.29) is 28.1 Å². The van der Waals surface area contributed by atoms with Gasteiger partial charge in [-0.05, 0) is 18.2 Å². The number of rotatable bonds is 6. The van der Waals surface area contributed by atoms with Crippen molar-refractivity contribution in [2.45, 2.75) is 11.3 Å². The van der Waals surface area contributed by atoms with E-state index in [0.29, 0.717) is 0 Å². The third-order valence-corrected chi connectivity index (χ3v) is 5.50. The van der Waals surface area contributed by atoms with E-state index in [1.54, 1.807) is 24.3 Å². The fourth-order valence-electron chi connectivity index (χ4n) is 2.52. The minimum absolute atomic E-state index is 0.105. The zero-order valence-corrected chi connectivity index (χ0v) is 14.3. The maximum Gasteiger partial charge on any atom is 0.273 e. The first-order valence-corrected chi connectivity index (χ1v) is 9.08. The summed E-state index contributed by atoms with van der Waals surface area (Å²) in [6.07, 6.45) is 2.32. The number of nitro groups is 1. The molecule has 8 heteroatoms. The van der Waals surface area contributed by atoms with Crippen molar-refractivity contribution in [3.63, 3.8) is 0 Å². The molecule has 0 aliphatic heterocycles. The van der Waals surface area contributed by atoms with Crippen LogP contribution in [0.25, 0.3) is 0 Å². The molecule has 2 aromatic carbocycles. The normalized spacial score (nSPS) is 11.2. The second-order valence-electron chi connectivity index (χ2n) is 5.53. The zero-order chi connectivity index (χ0) is 18.7. The summed E-state index contributed by atoms with van der Waals surface area (Å²) in [7, 11) is -3.79. The van der Waals surface area contributed by atoms with E-state index in [2.05, 4.69) is 0 Å². The van der Waals surface area contributed by atoms with Crippen LogP contribution in [0.3, 0.4) is 0 Å². The number of benzene rings is 2. The lowest BCUT2D eigenvalue weighted by atomic mass is 10.0. The molecule has 7 nitrogen and oxygen atoms in total. The van der Waals surface area contributed by atoms with E-state index >= 15 is 0 Å². The molecule has 0 radical (unpaired) electrons. The molecule has 0 unspecified atom stereocenters. The Hall–Kier alpha value is -3.26. The van der Waals surface area contributed by atoms with Gasteiger partial charge in [-0.25, -0.2) is 12.4 Å². The average Bonchev–Trinajstić information content (AvgIpc) is 3.14. The number of carbonyl (C=O) groups excluding carboxylic acids is 1. The van der Waals surface area contributed by atoms with Crippen molar-refractivity contribution in [3.05, 3.63) is 94.3 Å². The standard InChI is InChI=1S/C18H14N2O5S/c21-18(12-14-6-4-5-9-17(14)20(22)23)15-10-11-19(13-15)26(24,25)16-7-2-1-3-8-16/h1-11,13H,12H2. The number of aromatic nitrogens is 1. The largest absolute Gasteiger partial charge is 0.294 e. The van der Waals surface area contributed by atoms with Crippen LogP contribution in [0, 0.1) is 10.1 Å². The summed E-state index contributed by atoms with van der Waals surface area (Å²) in [5.74, 6) is -0.402. The highest BCUT2D eigenvalue weighted by atomic mass is 32.2. The molecule has 0 atom stereocenters. The van der Waals surface area contributed by atoms with Gasteiger partial charge >= 0.3 is 0 Å². The Kier molecular flexibility index (Phi) is 4.68. The average molecular weight is 370 g/mol. The van der Waals surface area contributed by atoms with Crippen molar-refractivity contribution in [1.82, 2.24) is 3.97 Å². The maximum absolute atomic E-state index is 12.5. The number of hydrogen-bond acceptors (Lipinski definition) is 5. The van der Waals surface area contributed by atoms with Gasteiger partial charge in [0, 0.05) is 36.0 Å². The van der Waals surface area contributed by atoms with Crippen molar-refractivity contribution in [2.75, 3.05) is 0 Å². The lowest BCUT2D eigenvalue weighted by Gasteiger charge is -2.05. The number of para-hydroxylation sites is 1. The van der Waals surface area contributed by atoms with Crippen molar-refractivity contribution in [3.8, 4) is 0 Å². The Balaban J connectivity index is 1.87. The molecule has 1 aromatic heterocycles. The molecule has 3 aromatic rings. The second kappa shape index (κ2) is 6.93. The van der Waals surface area contributed by atoms with Crippen LogP contribution in [-0.4, -0.2) is 23.1 Å². The van der Waals surface area contributed by atoms with Crippen molar-refractivity contribution >= 4 is 21.5 Å². The summed E-state index contributed by atoms with van der Waals surface area (Å²) in [6.45, 7) is 0. The molecule has 26 heavy (non-hydrogen) atoms. The number of ketones is 1. The Labute approximate surface area is 149 Å². The van der Waals surface area contributed by atoms with Gasteiger partial charge in [0.15, 0.2) is 5.78 Å². The molecule has 0 saturated carbocycles. The molecule has 0 aliphatic carbocycles. The summed E-state index contributed by atoms with van der Waals surface area (Å²) in [4.78, 5) is 23.0. The highest BCUT2D eigenvalue weighted by molar-refractivity contribution is 7.90. The Morgan fingerprint density at radius 2 is 1.65 bits per heavy atom. The summed E-state index contributed by atoms with van der Waals surface area (Å²) in [6, 6.07) is 15.2. The molecule has 0 amide bonds. The number of hydrogen-bond donors (Lipinski definition) is 0. The van der Waals surface area contributed by atoms with Crippen LogP contribution in [0.2, 0.25) is 0 Å². The third-order valence-electron chi connectivity index (χ3n) is 3.85. The van der Waals surface area contributed by atoms with Gasteiger partial charge < -0.3 is 0 Å². The Morgan fingerprint density at radius 1 is 1.00 bits per heavy atom. The summed E-state index contributed by atoms with van der Waals surface area (Å²) in [5.41, 5.74) is 0.306. The van der Waals surface area contributed by atoms with Gasteiger partial charge in [0.2, 0.25) is 0 Å². The van der Waals surface area contributed by atoms with Gasteiger partial charge in [0.1, 0.15) is 0 Å². The molecular formula is C18H14N2O5S. The van der Waals surface area contributed by atoms with Crippen molar-refractivity contribution in [1.29, 1.82) is 0 Å². The number of Topliss-reactive ketones (excluding diaryl/α,β-unsaturated/α-hetero) is 1. The third kappa shape index (κ3) is 3.40. The van der Waals surface area contributed by atoms with Gasteiger partial charge in [-0.15, -0.1) is 0 Å². The Morgan fingerprint density at radius 3 is 2.35 bits per heavy atom. The number of carbonyl (C=O) groups is 1. The van der Waals surface area contributed by atoms with Crippen LogP contribution < -0.4 is 0 Å². The summed E-state index contributed by atoms with van der Waals surface area (Å²) < 4.78 is 26.0. The monoisotopic (exact) mass is 370 g/mol. The SMILES string of the molecule is O=C(Cc1ccccc1[N+](=O)[O-])c1ccn(S(=O)(=O)c2ccccc2)c1. The van der Waals surface area contributed by atoms with E-state index in [9.17, 15) is 23.3 Å². The smallest absolute Gasteiger partial charge is 0.273 e. The predicted octanol–water partition coefficient (Wildman–Crippen LogP) is 3.06. The second-order valence-corrected chi connectivity index (χ2v) is 7.38. The van der Waals surface area contributed by atoms with Crippen LogP contribution in [0.1, 0.15) is 15.9 Å². The molecule has 132 valence electrons. The number of nitro benzene ring substituents is 1. The summed E-state index contributed by atoms with van der Waals surface area (Å²) in [5, 5.41) is 11.0. The predicted molar refractivity (Wildman–Crippen MR) is 94.6 cm³/mol. The van der Waals surface area contributed by atoms with Crippen LogP contribution in [0.5, 0.6) is 0 Å². The van der Waals surface area contributed by atoms with Gasteiger partial charge in [0.05, 0.1) is 9.82 Å². The van der Waals surface area contributed by atoms with E-state index in [1.807, 2.05) is 0 Å². The lowest BCUT2D eigenvalue weighted by Crippen LogP contribution is -2.11. The molecule has 0 saturated heterocycles. The van der Waals surface area contributed by atoms with E-state index in [0.717, 1.165) is 3.97 Å². The maximum atomic E-state index is 12.5. The van der Waals surface area contributed by atoms with Crippen LogP contribution in [0.15, 0.2) is 78.0 Å². The van der Waals surface area contributed by atoms with Crippen LogP contribution >= 0.6 is 0 Å². The minimum atomic E-state index is -3.79. The fraction of sp³-hybridized carbons (Fsp3) is 0.0556. The molecular weight excluding hydrogens is 356 g/mol. The molecule has 0 aliphatic rings. The van der Waals surface area contributed by atoms with Gasteiger partial charge in [-0.1, -0.05) is 36.4 Å². The minimum Gasteiger partial charge on any atom is -0.294 e. The molecule has 1 heterocycles. The zero-order valence-electron chi connectivity index (χ0n) is 13.5. The Bertz CT molecular complexity index is 1070. The van der Waals surface area contributed by atoms with Crippen molar-refractivity contribution in [2.24, 2.45) is 0 Å². The van der Waals surface area contributed by atoms with Gasteiger partial charge in [0.25, 0.3) is 15.7 Å². The molecule has 0 spiro atoms. The van der Waals surface area contributed by atoms with Crippen LogP contribution in [-0.2, 0) is 16.4 Å². The number of nitrogens with zero attached hydrogens (tertiary/aromatic N) is 2. The molecule has 0 fully saturated rings. The van der Waals surface area contributed by atoms with E-state index in [1.165, 1.54) is 48.8 Å². The molecule has 0 bridgehead atoms. The first kappa shape index (κ1) is 17.6. The van der Waals surface area contributed by atoms with Crippen molar-refractivity contribution < 1.29 is 18.1 Å². The van der Waals surface area contributed by atoms with E-state index in [4.69, 9.17) is 0 Å². The summed E-state index contributed by atoms with van der Waals surface area (Å²) >= 11 is 0. The van der Waals surface area contributed by atoms with E-state index < -0.39 is 20.7 Å². The first-order valence-electron chi connectivity index (χ1n) is 7.64. The van der Waals surface area contributed by atoms with Crippen LogP contribution in [0.4, 0.5) is 5.69 Å². The topological polar surface area (TPSA) is 99.3 Å². The highest BCUT2D eigenvalue weighted by Crippen LogP contribution is 2.21. The first-order chi connectivity index (χ1) is 12.4. The molecule has 3 rings (SSSR count). The lowest BCUT2D eigenvalue weighted by molar-refractivity contribution is -0.385. The van der Waals surface area contributed by atoms with Gasteiger partial charge in [-0.3, -0.25) is 14.9 Å².